The lowest BCUT2D eigenvalue weighted by Gasteiger charge is -2.18. The van der Waals surface area contributed by atoms with Crippen LogP contribution in [0.2, 0.25) is 0 Å². The fourth-order valence-electron chi connectivity index (χ4n) is 1.66. The predicted octanol–water partition coefficient (Wildman–Crippen LogP) is 3.18. The van der Waals surface area contributed by atoms with Crippen LogP contribution in [-0.2, 0) is 0 Å². The van der Waals surface area contributed by atoms with E-state index in [0.29, 0.717) is 23.6 Å². The molecule has 2 rings (SSSR count). The summed E-state index contributed by atoms with van der Waals surface area (Å²) in [6.07, 6.45) is 0. The highest BCUT2D eigenvalue weighted by Crippen LogP contribution is 2.19. The minimum absolute atomic E-state index is 0.331. The molecule has 1 heterocycles. The second-order valence-corrected chi connectivity index (χ2v) is 5.04. The molecule has 1 unspecified atom stereocenters. The monoisotopic (exact) mass is 256 g/mol. The Bertz CT molecular complexity index is 537. The molecule has 100 valence electrons. The highest BCUT2D eigenvalue weighted by Gasteiger charge is 2.10. The molecule has 19 heavy (non-hydrogen) atoms. The van der Waals surface area contributed by atoms with Gasteiger partial charge in [-0.25, -0.2) is 9.97 Å². The second kappa shape index (κ2) is 5.69. The third kappa shape index (κ3) is 3.44. The van der Waals surface area contributed by atoms with Gasteiger partial charge in [-0.05, 0) is 12.8 Å². The smallest absolute Gasteiger partial charge is 0.163 e. The van der Waals surface area contributed by atoms with Crippen molar-refractivity contribution in [3.63, 3.8) is 0 Å². The first-order chi connectivity index (χ1) is 9.06. The van der Waals surface area contributed by atoms with Crippen LogP contribution in [0.25, 0.3) is 11.4 Å². The summed E-state index contributed by atoms with van der Waals surface area (Å²) >= 11 is 0. The summed E-state index contributed by atoms with van der Waals surface area (Å²) in [7, 11) is 0. The van der Waals surface area contributed by atoms with Crippen molar-refractivity contribution in [1.82, 2.24) is 9.97 Å². The lowest BCUT2D eigenvalue weighted by atomic mass is 10.1. The van der Waals surface area contributed by atoms with E-state index in [1.54, 1.807) is 6.07 Å². The minimum atomic E-state index is 0.331. The number of hydrogen-bond donors (Lipinski definition) is 2. The molecule has 1 aromatic carbocycles. The predicted molar refractivity (Wildman–Crippen MR) is 79.8 cm³/mol. The number of aromatic nitrogens is 2. The minimum Gasteiger partial charge on any atom is -0.384 e. The van der Waals surface area contributed by atoms with Crippen molar-refractivity contribution in [2.24, 2.45) is 5.92 Å². The Morgan fingerprint density at radius 2 is 1.74 bits per heavy atom. The second-order valence-electron chi connectivity index (χ2n) is 5.04. The molecule has 0 saturated heterocycles. The van der Waals surface area contributed by atoms with E-state index in [1.807, 2.05) is 30.3 Å². The molecule has 4 heteroatoms. The summed E-state index contributed by atoms with van der Waals surface area (Å²) in [5.41, 5.74) is 6.83. The standard InChI is InChI=1S/C15H20N4/c1-10(2)11(3)17-14-9-13(16)18-15(19-14)12-7-5-4-6-8-12/h4-11H,1-3H3,(H3,16,17,18,19). The summed E-state index contributed by atoms with van der Waals surface area (Å²) in [6.45, 7) is 6.46. The fourth-order valence-corrected chi connectivity index (χ4v) is 1.66. The van der Waals surface area contributed by atoms with Crippen molar-refractivity contribution in [1.29, 1.82) is 0 Å². The Morgan fingerprint density at radius 1 is 1.05 bits per heavy atom. The Hall–Kier alpha value is -2.10. The average Bonchev–Trinajstić information content (AvgIpc) is 2.39. The SMILES string of the molecule is CC(C)C(C)Nc1cc(N)nc(-c2ccccc2)n1. The Balaban J connectivity index is 2.30. The molecule has 4 nitrogen and oxygen atoms in total. The third-order valence-electron chi connectivity index (χ3n) is 3.15. The fraction of sp³-hybridized carbons (Fsp3) is 0.333. The molecule has 2 aromatic rings. The zero-order valence-corrected chi connectivity index (χ0v) is 11.6. The largest absolute Gasteiger partial charge is 0.384 e. The molecule has 0 aliphatic carbocycles. The van der Waals surface area contributed by atoms with Gasteiger partial charge in [0.15, 0.2) is 5.82 Å². The number of nitrogens with two attached hydrogens (primary N) is 1. The molecule has 0 fully saturated rings. The zero-order chi connectivity index (χ0) is 13.8. The maximum atomic E-state index is 5.86. The molecule has 1 atom stereocenters. The molecular weight excluding hydrogens is 236 g/mol. The Labute approximate surface area is 114 Å². The molecule has 0 amide bonds. The van der Waals surface area contributed by atoms with Gasteiger partial charge in [0.05, 0.1) is 0 Å². The first-order valence-electron chi connectivity index (χ1n) is 6.53. The van der Waals surface area contributed by atoms with E-state index in [2.05, 4.69) is 36.1 Å². The number of benzene rings is 1. The van der Waals surface area contributed by atoms with Gasteiger partial charge in [0, 0.05) is 17.7 Å². The van der Waals surface area contributed by atoms with Crippen LogP contribution in [0, 0.1) is 5.92 Å². The summed E-state index contributed by atoms with van der Waals surface area (Å²) in [6, 6.07) is 11.9. The van der Waals surface area contributed by atoms with Crippen LogP contribution in [0.5, 0.6) is 0 Å². The third-order valence-corrected chi connectivity index (χ3v) is 3.15. The number of hydrogen-bond acceptors (Lipinski definition) is 4. The van der Waals surface area contributed by atoms with Gasteiger partial charge in [-0.1, -0.05) is 44.2 Å². The first-order valence-corrected chi connectivity index (χ1v) is 6.53. The van der Waals surface area contributed by atoms with Crippen LogP contribution in [0.4, 0.5) is 11.6 Å². The van der Waals surface area contributed by atoms with Crippen LogP contribution < -0.4 is 11.1 Å². The lowest BCUT2D eigenvalue weighted by Crippen LogP contribution is -2.22. The van der Waals surface area contributed by atoms with Gasteiger partial charge in [-0.3, -0.25) is 0 Å². The van der Waals surface area contributed by atoms with Gasteiger partial charge < -0.3 is 11.1 Å². The van der Waals surface area contributed by atoms with Crippen LogP contribution >= 0.6 is 0 Å². The van der Waals surface area contributed by atoms with E-state index in [-0.39, 0.29) is 0 Å². The Morgan fingerprint density at radius 3 is 2.37 bits per heavy atom. The number of rotatable bonds is 4. The van der Waals surface area contributed by atoms with E-state index in [4.69, 9.17) is 5.73 Å². The zero-order valence-electron chi connectivity index (χ0n) is 11.6. The number of anilines is 2. The van der Waals surface area contributed by atoms with Crippen molar-refractivity contribution in [3.05, 3.63) is 36.4 Å². The number of nitrogens with zero attached hydrogens (tertiary/aromatic N) is 2. The van der Waals surface area contributed by atoms with Gasteiger partial charge in [0.1, 0.15) is 11.6 Å². The molecule has 0 radical (unpaired) electrons. The van der Waals surface area contributed by atoms with Gasteiger partial charge in [0.2, 0.25) is 0 Å². The van der Waals surface area contributed by atoms with Crippen LogP contribution in [-0.4, -0.2) is 16.0 Å². The van der Waals surface area contributed by atoms with Gasteiger partial charge >= 0.3 is 0 Å². The van der Waals surface area contributed by atoms with E-state index in [1.165, 1.54) is 0 Å². The van der Waals surface area contributed by atoms with E-state index < -0.39 is 0 Å². The maximum Gasteiger partial charge on any atom is 0.163 e. The van der Waals surface area contributed by atoms with E-state index in [0.717, 1.165) is 11.4 Å². The van der Waals surface area contributed by atoms with E-state index >= 15 is 0 Å². The van der Waals surface area contributed by atoms with Crippen LogP contribution in [0.1, 0.15) is 20.8 Å². The normalized spacial score (nSPS) is 12.4. The molecule has 0 saturated carbocycles. The average molecular weight is 256 g/mol. The number of nitrogen functional groups attached to an aromatic ring is 1. The van der Waals surface area contributed by atoms with Crippen LogP contribution in [0.15, 0.2) is 36.4 Å². The van der Waals surface area contributed by atoms with E-state index in [9.17, 15) is 0 Å². The first kappa shape index (κ1) is 13.3. The van der Waals surface area contributed by atoms with Crippen molar-refractivity contribution >= 4 is 11.6 Å². The van der Waals surface area contributed by atoms with Crippen molar-refractivity contribution in [3.8, 4) is 11.4 Å². The van der Waals surface area contributed by atoms with Crippen LogP contribution in [0.3, 0.4) is 0 Å². The topological polar surface area (TPSA) is 63.8 Å². The number of nitrogens with one attached hydrogen (secondary N) is 1. The quantitative estimate of drug-likeness (QED) is 0.881. The molecule has 1 aromatic heterocycles. The summed E-state index contributed by atoms with van der Waals surface area (Å²) in [4.78, 5) is 8.81. The molecule has 3 N–H and O–H groups in total. The highest BCUT2D eigenvalue weighted by molar-refractivity contribution is 5.60. The molecule has 0 spiro atoms. The summed E-state index contributed by atoms with van der Waals surface area (Å²) < 4.78 is 0. The lowest BCUT2D eigenvalue weighted by molar-refractivity contribution is 0.558. The van der Waals surface area contributed by atoms with Crippen molar-refractivity contribution in [2.45, 2.75) is 26.8 Å². The molecular formula is C15H20N4. The van der Waals surface area contributed by atoms with Gasteiger partial charge in [-0.2, -0.15) is 0 Å². The summed E-state index contributed by atoms with van der Waals surface area (Å²) in [5.74, 6) is 2.43. The summed E-state index contributed by atoms with van der Waals surface area (Å²) in [5, 5.41) is 3.36. The highest BCUT2D eigenvalue weighted by atomic mass is 15.1. The van der Waals surface area contributed by atoms with Crippen molar-refractivity contribution < 1.29 is 0 Å². The molecule has 0 bridgehead atoms. The molecule has 0 aliphatic rings. The Kier molecular flexibility index (Phi) is 4.00. The maximum absolute atomic E-state index is 5.86. The van der Waals surface area contributed by atoms with Gasteiger partial charge in [0.25, 0.3) is 0 Å². The van der Waals surface area contributed by atoms with Gasteiger partial charge in [-0.15, -0.1) is 0 Å². The molecule has 0 aliphatic heterocycles. The van der Waals surface area contributed by atoms with Crippen molar-refractivity contribution in [2.75, 3.05) is 11.1 Å².